The number of benzene rings is 4. The quantitative estimate of drug-likeness (QED) is 0.0776. The maximum Gasteiger partial charge on any atom is 0.305 e. The number of ether oxygens (including phenoxy) is 2. The number of nitrogens with zero attached hydrogens (tertiary/aromatic N) is 2. The van der Waals surface area contributed by atoms with Crippen molar-refractivity contribution >= 4 is 92.9 Å². The van der Waals surface area contributed by atoms with Crippen LogP contribution in [0, 0.1) is 17.6 Å². The van der Waals surface area contributed by atoms with Crippen LogP contribution in [0.25, 0.3) is 21.8 Å². The number of hydrogen-bond donors (Lipinski definition) is 11. The number of H-pyrrole nitrogens is 2. The van der Waals surface area contributed by atoms with Crippen LogP contribution in [0.4, 0.5) is 8.78 Å². The predicted octanol–water partition coefficient (Wildman–Crippen LogP) is 3.87. The zero-order valence-corrected chi connectivity index (χ0v) is 54.4. The first-order valence-electron chi connectivity index (χ1n) is 32.4. The van der Waals surface area contributed by atoms with Gasteiger partial charge in [-0.05, 0) is 134 Å². The summed E-state index contributed by atoms with van der Waals surface area (Å²) in [6.45, 7) is 3.17. The molecule has 98 heavy (non-hydrogen) atoms. The molecular formula is C70H80F2N12O14. The summed E-state index contributed by atoms with van der Waals surface area (Å²) in [5.41, 5.74) is 7.55. The van der Waals surface area contributed by atoms with Crippen LogP contribution in [0.1, 0.15) is 100 Å². The number of carboxylic acids is 1. The average molecular weight is 1350 g/mol. The van der Waals surface area contributed by atoms with Gasteiger partial charge in [-0.2, -0.15) is 0 Å². The number of halogens is 2. The van der Waals surface area contributed by atoms with Crippen LogP contribution in [-0.2, 0) is 78.4 Å². The molecular weight excluding hydrogens is 1270 g/mol. The van der Waals surface area contributed by atoms with Gasteiger partial charge in [-0.3, -0.25) is 57.7 Å². The Morgan fingerprint density at radius 3 is 1.89 bits per heavy atom. The molecule has 1 saturated heterocycles. The smallest absolute Gasteiger partial charge is 0.305 e. The minimum absolute atomic E-state index is 0.0466. The number of Topliss-reactive ketones (excluding diaryl/α,β-unsaturated/α-hetero) is 1. The Bertz CT molecular complexity index is 4040. The number of ketones is 1. The number of rotatable bonds is 12. The van der Waals surface area contributed by atoms with Gasteiger partial charge in [-0.25, -0.2) is 8.78 Å². The van der Waals surface area contributed by atoms with E-state index in [4.69, 9.17) is 15.2 Å². The molecule has 0 spiro atoms. The van der Waals surface area contributed by atoms with Crippen LogP contribution in [0.5, 0.6) is 11.5 Å². The summed E-state index contributed by atoms with van der Waals surface area (Å²) in [5, 5.41) is 29.8. The number of nitrogens with two attached hydrogens (primary N) is 1. The maximum absolute atomic E-state index is 15.3. The standard InChI is InChI=1S/C70H80F2N12O14/c1-39-64(91)80-56(30-44-37-76-52-19-13-46(71)33-50(44)52)67(94)81-57(31-45-38-77-53-20-14-47(72)34-51(45)53)66(93)79-54(35-62(88)89)59(85)32-43(27-42-21-23-74-36-42)65(92)82-58(29-41-9-15-48(97-3)16-10-41)68(95)84-25-6-22-70(84,2)69(96)83-55(63(73)90)28-40-11-17-49(18-12-40)98-26-24-75-60(86)7-4-5-8-61(87)78-39/h9-20,23,33-34,36-39,43,54-58,76-77H,4-8,21-22,24-32,35H2,1-3H3,(H2,73,90)(H,75,86)(H,78,87)(H,79,93)(H,80,91)(H,81,94)(H,82,92)(H,83,96)(H,88,89)/t39-,43-,54+,55+,56+,57+,58+,70+/m1/s1. The normalized spacial score (nSPS) is 23.6. The summed E-state index contributed by atoms with van der Waals surface area (Å²) in [4.78, 5) is 168. The Balaban J connectivity index is 1.05. The van der Waals surface area contributed by atoms with Gasteiger partial charge < -0.3 is 72.4 Å². The van der Waals surface area contributed by atoms with Crippen LogP contribution in [-0.4, -0.2) is 160 Å². The van der Waals surface area contributed by atoms with Crippen molar-refractivity contribution in [3.05, 3.63) is 143 Å². The molecule has 1 fully saturated rings. The molecule has 4 aliphatic heterocycles. The first kappa shape index (κ1) is 71.5. The predicted molar refractivity (Wildman–Crippen MR) is 355 cm³/mol. The first-order chi connectivity index (χ1) is 46.9. The number of aliphatic carboxylic acids is 1. The molecule has 26 nitrogen and oxygen atoms in total. The van der Waals surface area contributed by atoms with Crippen LogP contribution >= 0.6 is 0 Å². The van der Waals surface area contributed by atoms with E-state index in [1.807, 2.05) is 0 Å². The van der Waals surface area contributed by atoms with E-state index in [-0.39, 0.29) is 94.3 Å². The third-order valence-electron chi connectivity index (χ3n) is 17.8. The highest BCUT2D eigenvalue weighted by Gasteiger charge is 2.49. The Labute approximate surface area is 562 Å². The van der Waals surface area contributed by atoms with Crippen LogP contribution in [0.2, 0.25) is 0 Å². The van der Waals surface area contributed by atoms with Crippen LogP contribution < -0.4 is 52.4 Å². The van der Waals surface area contributed by atoms with Crippen molar-refractivity contribution in [2.45, 2.75) is 146 Å². The number of nitrogens with one attached hydrogen (secondary N) is 9. The molecule has 4 aromatic carbocycles. The highest BCUT2D eigenvalue weighted by atomic mass is 19.1. The minimum atomic E-state index is -1.90. The summed E-state index contributed by atoms with van der Waals surface area (Å²) in [7, 11) is 1.47. The van der Waals surface area contributed by atoms with E-state index < -0.39 is 138 Å². The van der Waals surface area contributed by atoms with Crippen molar-refractivity contribution in [3.63, 3.8) is 0 Å². The summed E-state index contributed by atoms with van der Waals surface area (Å²) in [6.07, 6.45) is 4.40. The number of carbonyl (C=O) groups is 11. The second-order valence-corrected chi connectivity index (χ2v) is 25.0. The second kappa shape index (κ2) is 32.8. The van der Waals surface area contributed by atoms with Gasteiger partial charge >= 0.3 is 5.97 Å². The fourth-order valence-corrected chi connectivity index (χ4v) is 12.4. The monoisotopic (exact) mass is 1350 g/mol. The summed E-state index contributed by atoms with van der Waals surface area (Å²) in [6, 6.07) is 11.8. The number of primary amides is 1. The molecule has 518 valence electrons. The van der Waals surface area contributed by atoms with E-state index in [0.717, 1.165) is 0 Å². The maximum atomic E-state index is 15.3. The topological polar surface area (TPSA) is 384 Å². The molecule has 9 amide bonds. The zero-order chi connectivity index (χ0) is 70.2. The molecule has 4 aliphatic rings. The second-order valence-electron chi connectivity index (χ2n) is 25.0. The number of hydrogen-bond acceptors (Lipinski definition) is 14. The molecule has 12 N–H and O–H groups in total. The van der Waals surface area contributed by atoms with Gasteiger partial charge in [0.15, 0.2) is 5.78 Å². The van der Waals surface area contributed by atoms with E-state index in [1.54, 1.807) is 54.7 Å². The third-order valence-corrected chi connectivity index (χ3v) is 17.8. The van der Waals surface area contributed by atoms with Gasteiger partial charge in [0.1, 0.15) is 65.5 Å². The van der Waals surface area contributed by atoms with E-state index in [1.165, 1.54) is 80.8 Å². The number of allylic oxidation sites excluding steroid dienone is 1. The molecule has 0 saturated carbocycles. The molecule has 0 aliphatic carbocycles. The molecule has 8 atom stereocenters. The van der Waals surface area contributed by atoms with Crippen molar-refractivity contribution in [1.82, 2.24) is 52.1 Å². The van der Waals surface area contributed by atoms with Crippen LogP contribution in [0.15, 0.2) is 114 Å². The first-order valence-corrected chi connectivity index (χ1v) is 32.4. The van der Waals surface area contributed by atoms with Crippen molar-refractivity contribution in [3.8, 4) is 11.5 Å². The van der Waals surface area contributed by atoms with Crippen molar-refractivity contribution in [2.24, 2.45) is 16.6 Å². The number of aromatic amines is 2. The lowest BCUT2D eigenvalue weighted by molar-refractivity contribution is -0.147. The third kappa shape index (κ3) is 18.8. The molecule has 2 aromatic heterocycles. The Hall–Kier alpha value is -10.8. The fourth-order valence-electron chi connectivity index (χ4n) is 12.4. The number of aliphatic imine (C=N–C) groups is 1. The molecule has 2 bridgehead atoms. The molecule has 0 unspecified atom stereocenters. The molecule has 28 heteroatoms. The molecule has 6 aromatic rings. The minimum Gasteiger partial charge on any atom is -0.497 e. The lowest BCUT2D eigenvalue weighted by atomic mass is 9.89. The number of fused-ring (bicyclic) bond motifs is 34. The van der Waals surface area contributed by atoms with Gasteiger partial charge in [0, 0.05) is 110 Å². The van der Waals surface area contributed by atoms with E-state index in [9.17, 15) is 47.4 Å². The van der Waals surface area contributed by atoms with E-state index in [0.29, 0.717) is 63.0 Å². The summed E-state index contributed by atoms with van der Waals surface area (Å²) >= 11 is 0. The zero-order valence-electron chi connectivity index (χ0n) is 54.4. The van der Waals surface area contributed by atoms with E-state index >= 15 is 19.2 Å². The molecule has 10 rings (SSSR count). The van der Waals surface area contributed by atoms with Gasteiger partial charge in [-0.1, -0.05) is 24.3 Å². The number of carbonyl (C=O) groups excluding carboxylic acids is 10. The lowest BCUT2D eigenvalue weighted by Gasteiger charge is -2.37. The number of methoxy groups -OCH3 is 1. The summed E-state index contributed by atoms with van der Waals surface area (Å²) in [5.74, 6) is -11.2. The number of amides is 9. The number of aromatic nitrogens is 2. The van der Waals surface area contributed by atoms with Crippen molar-refractivity contribution in [2.75, 3.05) is 26.8 Å². The Kier molecular flexibility index (Phi) is 23.9. The highest BCUT2D eigenvalue weighted by molar-refractivity contribution is 6.01. The van der Waals surface area contributed by atoms with Gasteiger partial charge in [0.05, 0.1) is 26.1 Å². The van der Waals surface area contributed by atoms with Crippen LogP contribution in [0.3, 0.4) is 0 Å². The summed E-state index contributed by atoms with van der Waals surface area (Å²) < 4.78 is 40.9. The Morgan fingerprint density at radius 1 is 0.694 bits per heavy atom. The van der Waals surface area contributed by atoms with Crippen molar-refractivity contribution in [1.29, 1.82) is 0 Å². The van der Waals surface area contributed by atoms with Gasteiger partial charge in [0.2, 0.25) is 53.2 Å². The molecule has 0 radical (unpaired) electrons. The van der Waals surface area contributed by atoms with E-state index in [2.05, 4.69) is 52.2 Å². The van der Waals surface area contributed by atoms with Crippen molar-refractivity contribution < 1.29 is 76.1 Å². The Morgan fingerprint density at radius 2 is 1.30 bits per heavy atom. The molecule has 6 heterocycles. The fraction of sp³-hybridized carbons (Fsp3) is 0.400. The largest absolute Gasteiger partial charge is 0.497 e. The SMILES string of the molecule is COc1ccc(C[C@@H]2NC(=O)[C@H](CC3=CN=CC3)CC(=O)[C@H](CC(=O)O)NC(=O)[C@H](Cc3c[nH]c4ccc(F)cc34)NC(=O)[C@H](Cc3c[nH]c4ccc(F)cc34)NC(=O)[C@@H](C)NC(=O)CCCCC(=O)NCCOc3ccc(cc3)C[C@@H](C(N)=O)NC(=O)[C@]3(C)CCCN3C2=O)cc1. The lowest BCUT2D eigenvalue weighted by Crippen LogP contribution is -2.62. The van der Waals surface area contributed by atoms with Gasteiger partial charge in [-0.15, -0.1) is 0 Å². The van der Waals surface area contributed by atoms with Gasteiger partial charge in [0.25, 0.3) is 0 Å². The highest BCUT2D eigenvalue weighted by Crippen LogP contribution is 2.32. The average Bonchev–Trinajstić information content (AvgIpc) is 1.60. The number of carboxylic acid groups (broad SMARTS) is 1.